The van der Waals surface area contributed by atoms with Crippen molar-refractivity contribution < 1.29 is 4.79 Å². The van der Waals surface area contributed by atoms with E-state index < -0.39 is 0 Å². The predicted octanol–water partition coefficient (Wildman–Crippen LogP) is 2.02. The Morgan fingerprint density at radius 3 is 2.88 bits per heavy atom. The summed E-state index contributed by atoms with van der Waals surface area (Å²) in [4.78, 5) is 11.5. The van der Waals surface area contributed by atoms with Crippen molar-refractivity contribution in [3.8, 4) is 0 Å². The topological polar surface area (TPSA) is 41.1 Å². The van der Waals surface area contributed by atoms with Gasteiger partial charge in [-0.05, 0) is 31.0 Å². The van der Waals surface area contributed by atoms with Gasteiger partial charge >= 0.3 is 0 Å². The Hall–Kier alpha value is -1.61. The van der Waals surface area contributed by atoms with Crippen LogP contribution in [-0.2, 0) is 4.79 Å². The number of carbonyl (C=O) groups is 1. The van der Waals surface area contributed by atoms with E-state index in [1.165, 1.54) is 5.56 Å². The van der Waals surface area contributed by atoms with Crippen LogP contribution in [0, 0.1) is 13.8 Å². The first-order chi connectivity index (χ1) is 7.65. The molecule has 0 bridgehead atoms. The van der Waals surface area contributed by atoms with Crippen molar-refractivity contribution in [2.45, 2.75) is 13.8 Å². The quantitative estimate of drug-likeness (QED) is 0.586. The molecule has 0 atom stereocenters. The highest BCUT2D eigenvalue weighted by molar-refractivity contribution is 5.93. The first kappa shape index (κ1) is 12.5. The van der Waals surface area contributed by atoms with Gasteiger partial charge in [0.15, 0.2) is 0 Å². The van der Waals surface area contributed by atoms with E-state index >= 15 is 0 Å². The van der Waals surface area contributed by atoms with Gasteiger partial charge in [0.25, 0.3) is 0 Å². The van der Waals surface area contributed by atoms with E-state index in [0.717, 1.165) is 11.3 Å². The maximum absolute atomic E-state index is 11.5. The molecule has 0 aliphatic rings. The van der Waals surface area contributed by atoms with Crippen molar-refractivity contribution in [2.75, 3.05) is 18.4 Å². The Balaban J connectivity index is 2.56. The molecule has 2 N–H and O–H groups in total. The van der Waals surface area contributed by atoms with Crippen molar-refractivity contribution >= 4 is 11.6 Å². The number of aryl methyl sites for hydroxylation is 1. The summed E-state index contributed by atoms with van der Waals surface area (Å²) in [5.41, 5.74) is 3.17. The number of nitrogens with one attached hydrogen (secondary N) is 2. The molecule has 86 valence electrons. The predicted molar refractivity (Wildman–Crippen MR) is 67.6 cm³/mol. The number of hydrogen-bond donors (Lipinski definition) is 2. The highest BCUT2D eigenvalue weighted by Crippen LogP contribution is 2.17. The summed E-state index contributed by atoms with van der Waals surface area (Å²) >= 11 is 0. The van der Waals surface area contributed by atoms with Gasteiger partial charge in [-0.3, -0.25) is 4.79 Å². The molecule has 16 heavy (non-hydrogen) atoms. The van der Waals surface area contributed by atoms with E-state index in [1.54, 1.807) is 6.08 Å². The van der Waals surface area contributed by atoms with Gasteiger partial charge in [0.2, 0.25) is 5.91 Å². The van der Waals surface area contributed by atoms with Crippen molar-refractivity contribution in [1.82, 2.24) is 5.32 Å². The molecule has 0 aromatic heterocycles. The van der Waals surface area contributed by atoms with Gasteiger partial charge in [-0.1, -0.05) is 18.2 Å². The Morgan fingerprint density at radius 1 is 1.44 bits per heavy atom. The minimum Gasteiger partial charge on any atom is -0.325 e. The molecule has 3 heteroatoms. The number of amides is 1. The molecule has 1 rings (SSSR count). The van der Waals surface area contributed by atoms with Crippen LogP contribution in [0.4, 0.5) is 5.69 Å². The highest BCUT2D eigenvalue weighted by Gasteiger charge is 2.04. The van der Waals surface area contributed by atoms with E-state index in [0.29, 0.717) is 13.1 Å². The zero-order valence-electron chi connectivity index (χ0n) is 9.84. The molecule has 0 radical (unpaired) electrons. The maximum atomic E-state index is 11.5. The van der Waals surface area contributed by atoms with Crippen LogP contribution < -0.4 is 10.6 Å². The molecular weight excluding hydrogens is 200 g/mol. The first-order valence-electron chi connectivity index (χ1n) is 5.33. The van der Waals surface area contributed by atoms with E-state index in [-0.39, 0.29) is 5.91 Å². The second-order valence-corrected chi connectivity index (χ2v) is 3.72. The minimum atomic E-state index is -0.0319. The summed E-state index contributed by atoms with van der Waals surface area (Å²) in [6.45, 7) is 8.55. The van der Waals surface area contributed by atoms with Crippen LogP contribution in [0.2, 0.25) is 0 Å². The second-order valence-electron chi connectivity index (χ2n) is 3.72. The van der Waals surface area contributed by atoms with E-state index in [4.69, 9.17) is 0 Å². The van der Waals surface area contributed by atoms with Gasteiger partial charge in [0.05, 0.1) is 6.54 Å². The Bertz CT molecular complexity index is 386. The van der Waals surface area contributed by atoms with Gasteiger partial charge in [-0.15, -0.1) is 6.58 Å². The Morgan fingerprint density at radius 2 is 2.19 bits per heavy atom. The lowest BCUT2D eigenvalue weighted by Crippen LogP contribution is -2.28. The SMILES string of the molecule is C=CCNCC(=O)Nc1cccc(C)c1C. The number of hydrogen-bond acceptors (Lipinski definition) is 2. The highest BCUT2D eigenvalue weighted by atomic mass is 16.1. The van der Waals surface area contributed by atoms with E-state index in [1.807, 2.05) is 32.0 Å². The molecule has 1 aromatic carbocycles. The molecule has 1 amide bonds. The number of rotatable bonds is 5. The minimum absolute atomic E-state index is 0.0319. The monoisotopic (exact) mass is 218 g/mol. The molecule has 0 saturated carbocycles. The van der Waals surface area contributed by atoms with Crippen LogP contribution in [0.3, 0.4) is 0 Å². The van der Waals surface area contributed by atoms with Crippen molar-refractivity contribution in [3.63, 3.8) is 0 Å². The summed E-state index contributed by atoms with van der Waals surface area (Å²) < 4.78 is 0. The third-order valence-electron chi connectivity index (χ3n) is 2.45. The van der Waals surface area contributed by atoms with Crippen LogP contribution in [0.15, 0.2) is 30.9 Å². The van der Waals surface area contributed by atoms with Gasteiger partial charge in [0, 0.05) is 12.2 Å². The lowest BCUT2D eigenvalue weighted by molar-refractivity contribution is -0.115. The van der Waals surface area contributed by atoms with Crippen LogP contribution >= 0.6 is 0 Å². The third kappa shape index (κ3) is 3.51. The van der Waals surface area contributed by atoms with Gasteiger partial charge in [0.1, 0.15) is 0 Å². The van der Waals surface area contributed by atoms with Gasteiger partial charge < -0.3 is 10.6 Å². The van der Waals surface area contributed by atoms with Crippen molar-refractivity contribution in [3.05, 3.63) is 42.0 Å². The van der Waals surface area contributed by atoms with Crippen LogP contribution in [0.1, 0.15) is 11.1 Å². The van der Waals surface area contributed by atoms with Gasteiger partial charge in [-0.25, -0.2) is 0 Å². The summed E-state index contributed by atoms with van der Waals surface area (Å²) in [5, 5.41) is 5.83. The zero-order chi connectivity index (χ0) is 12.0. The van der Waals surface area contributed by atoms with Crippen molar-refractivity contribution in [1.29, 1.82) is 0 Å². The molecular formula is C13H18N2O. The summed E-state index contributed by atoms with van der Waals surface area (Å²) in [6.07, 6.45) is 1.73. The molecule has 0 unspecified atom stereocenters. The summed E-state index contributed by atoms with van der Waals surface area (Å²) in [5.74, 6) is -0.0319. The van der Waals surface area contributed by atoms with Crippen LogP contribution in [-0.4, -0.2) is 19.0 Å². The molecule has 0 aliphatic carbocycles. The first-order valence-corrected chi connectivity index (χ1v) is 5.33. The van der Waals surface area contributed by atoms with Crippen molar-refractivity contribution in [2.24, 2.45) is 0 Å². The largest absolute Gasteiger partial charge is 0.325 e. The number of anilines is 1. The zero-order valence-corrected chi connectivity index (χ0v) is 9.84. The number of benzene rings is 1. The van der Waals surface area contributed by atoms with E-state index in [9.17, 15) is 4.79 Å². The average Bonchev–Trinajstić information content (AvgIpc) is 2.25. The lowest BCUT2D eigenvalue weighted by Gasteiger charge is -2.10. The fourth-order valence-corrected chi connectivity index (χ4v) is 1.37. The lowest BCUT2D eigenvalue weighted by atomic mass is 10.1. The standard InChI is InChI=1S/C13H18N2O/c1-4-8-14-9-13(16)15-12-7-5-6-10(2)11(12)3/h4-7,14H,1,8-9H2,2-3H3,(H,15,16). The second kappa shape index (κ2) is 6.08. The van der Waals surface area contributed by atoms with Gasteiger partial charge in [-0.2, -0.15) is 0 Å². The van der Waals surface area contributed by atoms with Crippen LogP contribution in [0.25, 0.3) is 0 Å². The molecule has 0 spiro atoms. The molecule has 1 aromatic rings. The Labute approximate surface area is 96.6 Å². The maximum Gasteiger partial charge on any atom is 0.238 e. The smallest absolute Gasteiger partial charge is 0.238 e. The Kier molecular flexibility index (Phi) is 4.73. The fourth-order valence-electron chi connectivity index (χ4n) is 1.37. The third-order valence-corrected chi connectivity index (χ3v) is 2.45. The molecule has 0 saturated heterocycles. The molecule has 0 aliphatic heterocycles. The molecule has 0 heterocycles. The fraction of sp³-hybridized carbons (Fsp3) is 0.308. The summed E-state index contributed by atoms with van der Waals surface area (Å²) in [7, 11) is 0. The normalized spacial score (nSPS) is 9.88. The van der Waals surface area contributed by atoms with E-state index in [2.05, 4.69) is 17.2 Å². The summed E-state index contributed by atoms with van der Waals surface area (Å²) in [6, 6.07) is 5.88. The average molecular weight is 218 g/mol. The molecule has 3 nitrogen and oxygen atoms in total. The van der Waals surface area contributed by atoms with Crippen LogP contribution in [0.5, 0.6) is 0 Å². The molecule has 0 fully saturated rings. The number of carbonyl (C=O) groups excluding carboxylic acids is 1.